The van der Waals surface area contributed by atoms with Crippen LogP contribution in [0.25, 0.3) is 0 Å². The van der Waals surface area contributed by atoms with E-state index in [4.69, 9.17) is 0 Å². The van der Waals surface area contributed by atoms with Crippen molar-refractivity contribution in [1.82, 2.24) is 0 Å². The number of hydrogen-bond acceptors (Lipinski definition) is 1. The number of rotatable bonds is 3. The second-order valence-corrected chi connectivity index (χ2v) is 2.40. The molecule has 0 atom stereocenters. The first kappa shape index (κ1) is 9.41. The van der Waals surface area contributed by atoms with Crippen LogP contribution in [-0.4, -0.2) is 13.3 Å². The maximum absolute atomic E-state index is 3.99. The molecule has 0 amide bonds. The van der Waals surface area contributed by atoms with Crippen LogP contribution >= 0.6 is 0 Å². The van der Waals surface area contributed by atoms with E-state index in [-0.39, 0.29) is 0 Å². The van der Waals surface area contributed by atoms with Gasteiger partial charge in [0.2, 0.25) is 0 Å². The fraction of sp³-hybridized carbons (Fsp3) is 0.667. The number of nitrogens with zero attached hydrogens (tertiary/aromatic N) is 1. The largest absolute Gasteiger partial charge is 0.296 e. The van der Waals surface area contributed by atoms with Crippen molar-refractivity contribution in [1.29, 1.82) is 0 Å². The molecule has 0 aliphatic carbocycles. The summed E-state index contributed by atoms with van der Waals surface area (Å²) in [6, 6.07) is 0. The quantitative estimate of drug-likeness (QED) is 0.533. The van der Waals surface area contributed by atoms with Gasteiger partial charge in [-0.1, -0.05) is 19.4 Å². The molecule has 0 rings (SSSR count). The van der Waals surface area contributed by atoms with E-state index in [1.54, 1.807) is 0 Å². The molecule has 0 aliphatic heterocycles. The minimum atomic E-state index is 1.09. The summed E-state index contributed by atoms with van der Waals surface area (Å²) < 4.78 is 0. The minimum absolute atomic E-state index is 1.09. The van der Waals surface area contributed by atoms with E-state index < -0.39 is 0 Å². The Kier molecular flexibility index (Phi) is 4.91. The van der Waals surface area contributed by atoms with Gasteiger partial charge in [-0.25, -0.2) is 0 Å². The molecule has 0 saturated heterocycles. The molecule has 1 heteroatoms. The van der Waals surface area contributed by atoms with E-state index in [1.165, 1.54) is 11.1 Å². The second-order valence-electron chi connectivity index (χ2n) is 2.40. The first-order valence-electron chi connectivity index (χ1n) is 3.87. The van der Waals surface area contributed by atoms with Crippen LogP contribution < -0.4 is 0 Å². The Morgan fingerprint density at radius 1 is 1.30 bits per heavy atom. The Morgan fingerprint density at radius 3 is 2.20 bits per heavy atom. The standard InChI is InChI=1S/C9H17N/c1-5-8(3)9(6-2)7-10-4/h7H,5-6H2,1-4H3/b9-8+,10-7?. The van der Waals surface area contributed by atoms with Crippen LogP contribution in [0.4, 0.5) is 0 Å². The van der Waals surface area contributed by atoms with Gasteiger partial charge in [-0.05, 0) is 25.3 Å². The lowest BCUT2D eigenvalue weighted by atomic mass is 10.1. The fourth-order valence-corrected chi connectivity index (χ4v) is 0.886. The first-order chi connectivity index (χ1) is 4.76. The Labute approximate surface area is 63.9 Å². The molecule has 0 saturated carbocycles. The highest BCUT2D eigenvalue weighted by atomic mass is 14.6. The summed E-state index contributed by atoms with van der Waals surface area (Å²) in [7, 11) is 1.82. The normalized spacial score (nSPS) is 14.0. The smallest absolute Gasteiger partial charge is 0.0277 e. The van der Waals surface area contributed by atoms with Crippen molar-refractivity contribution in [3.63, 3.8) is 0 Å². The van der Waals surface area contributed by atoms with Gasteiger partial charge in [0.25, 0.3) is 0 Å². The highest BCUT2D eigenvalue weighted by Gasteiger charge is 1.92. The maximum Gasteiger partial charge on any atom is 0.0277 e. The lowest BCUT2D eigenvalue weighted by Crippen LogP contribution is -1.87. The summed E-state index contributed by atoms with van der Waals surface area (Å²) in [5, 5.41) is 0. The van der Waals surface area contributed by atoms with Gasteiger partial charge in [0.15, 0.2) is 0 Å². The molecule has 0 aliphatic rings. The van der Waals surface area contributed by atoms with E-state index in [0.29, 0.717) is 0 Å². The van der Waals surface area contributed by atoms with Crippen LogP contribution in [0.1, 0.15) is 33.6 Å². The van der Waals surface area contributed by atoms with Crippen molar-refractivity contribution in [2.75, 3.05) is 7.05 Å². The van der Waals surface area contributed by atoms with Crippen molar-refractivity contribution in [3.05, 3.63) is 11.1 Å². The lowest BCUT2D eigenvalue weighted by Gasteiger charge is -2.01. The number of hydrogen-bond donors (Lipinski definition) is 0. The van der Waals surface area contributed by atoms with Crippen LogP contribution in [0.3, 0.4) is 0 Å². The minimum Gasteiger partial charge on any atom is -0.296 e. The Bertz CT molecular complexity index is 143. The topological polar surface area (TPSA) is 12.4 Å². The molecule has 1 nitrogen and oxygen atoms in total. The summed E-state index contributed by atoms with van der Waals surface area (Å²) in [6.07, 6.45) is 4.19. The number of aliphatic imine (C=N–C) groups is 1. The van der Waals surface area contributed by atoms with Crippen LogP contribution in [-0.2, 0) is 0 Å². The molecule has 0 aromatic rings. The van der Waals surface area contributed by atoms with Gasteiger partial charge in [-0.2, -0.15) is 0 Å². The van der Waals surface area contributed by atoms with Gasteiger partial charge in [0.1, 0.15) is 0 Å². The van der Waals surface area contributed by atoms with Crippen molar-refractivity contribution in [3.8, 4) is 0 Å². The van der Waals surface area contributed by atoms with Gasteiger partial charge in [-0.15, -0.1) is 0 Å². The van der Waals surface area contributed by atoms with E-state index in [9.17, 15) is 0 Å². The molecule has 58 valence electrons. The van der Waals surface area contributed by atoms with Gasteiger partial charge in [-0.3, -0.25) is 4.99 Å². The van der Waals surface area contributed by atoms with Crippen LogP contribution in [0.5, 0.6) is 0 Å². The van der Waals surface area contributed by atoms with E-state index in [1.807, 2.05) is 13.3 Å². The van der Waals surface area contributed by atoms with E-state index in [0.717, 1.165) is 12.8 Å². The summed E-state index contributed by atoms with van der Waals surface area (Å²) >= 11 is 0. The average molecular weight is 139 g/mol. The molecule has 0 heterocycles. The van der Waals surface area contributed by atoms with Crippen molar-refractivity contribution in [2.24, 2.45) is 4.99 Å². The van der Waals surface area contributed by atoms with Crippen LogP contribution in [0, 0.1) is 0 Å². The third kappa shape index (κ3) is 2.81. The molecule has 0 spiro atoms. The summed E-state index contributed by atoms with van der Waals surface area (Å²) in [5.74, 6) is 0. The zero-order valence-corrected chi connectivity index (χ0v) is 7.44. The molecule has 10 heavy (non-hydrogen) atoms. The maximum atomic E-state index is 3.99. The molecular formula is C9H17N. The molecule has 0 aromatic heterocycles. The summed E-state index contributed by atoms with van der Waals surface area (Å²) in [6.45, 7) is 6.51. The second kappa shape index (κ2) is 5.21. The Hall–Kier alpha value is -0.590. The average Bonchev–Trinajstić information content (AvgIpc) is 1.99. The molecule has 0 fully saturated rings. The predicted molar refractivity (Wildman–Crippen MR) is 47.7 cm³/mol. The van der Waals surface area contributed by atoms with Crippen molar-refractivity contribution < 1.29 is 0 Å². The van der Waals surface area contributed by atoms with Gasteiger partial charge >= 0.3 is 0 Å². The van der Waals surface area contributed by atoms with Crippen molar-refractivity contribution >= 4 is 6.21 Å². The van der Waals surface area contributed by atoms with Gasteiger partial charge < -0.3 is 0 Å². The first-order valence-corrected chi connectivity index (χ1v) is 3.87. The van der Waals surface area contributed by atoms with Crippen LogP contribution in [0.2, 0.25) is 0 Å². The van der Waals surface area contributed by atoms with Crippen molar-refractivity contribution in [2.45, 2.75) is 33.6 Å². The molecule has 0 aromatic carbocycles. The van der Waals surface area contributed by atoms with Gasteiger partial charge in [0, 0.05) is 13.3 Å². The molecular weight excluding hydrogens is 122 g/mol. The third-order valence-electron chi connectivity index (χ3n) is 1.74. The van der Waals surface area contributed by atoms with Crippen LogP contribution in [0.15, 0.2) is 16.1 Å². The zero-order valence-electron chi connectivity index (χ0n) is 7.44. The fourth-order valence-electron chi connectivity index (χ4n) is 0.886. The molecule has 0 bridgehead atoms. The monoisotopic (exact) mass is 139 g/mol. The van der Waals surface area contributed by atoms with E-state index in [2.05, 4.69) is 25.8 Å². The predicted octanol–water partition coefficient (Wildman–Crippen LogP) is 2.82. The zero-order chi connectivity index (χ0) is 7.98. The number of allylic oxidation sites excluding steroid dienone is 2. The molecule has 0 N–H and O–H groups in total. The molecule has 0 radical (unpaired) electrons. The lowest BCUT2D eigenvalue weighted by molar-refractivity contribution is 1.03. The third-order valence-corrected chi connectivity index (χ3v) is 1.74. The summed E-state index contributed by atoms with van der Waals surface area (Å²) in [4.78, 5) is 3.99. The Balaban J connectivity index is 4.29. The highest BCUT2D eigenvalue weighted by molar-refractivity contribution is 5.79. The Morgan fingerprint density at radius 2 is 1.90 bits per heavy atom. The SMILES string of the molecule is CC/C(C)=C(/C=NC)CC. The molecule has 0 unspecified atom stereocenters. The van der Waals surface area contributed by atoms with Gasteiger partial charge in [0.05, 0.1) is 0 Å². The van der Waals surface area contributed by atoms with E-state index >= 15 is 0 Å². The highest BCUT2D eigenvalue weighted by Crippen LogP contribution is 2.08. The summed E-state index contributed by atoms with van der Waals surface area (Å²) in [5.41, 5.74) is 2.83.